The molecule has 0 fully saturated rings. The van der Waals surface area contributed by atoms with Crippen LogP contribution in [0.15, 0.2) is 0 Å². The van der Waals surface area contributed by atoms with E-state index in [0.717, 1.165) is 0 Å². The fourth-order valence-electron chi connectivity index (χ4n) is 1.37. The van der Waals surface area contributed by atoms with E-state index in [1.165, 1.54) is 0 Å². The molecule has 5 nitrogen and oxygen atoms in total. The third-order valence-corrected chi connectivity index (χ3v) is 3.07. The summed E-state index contributed by atoms with van der Waals surface area (Å²) >= 11 is 0. The molecule has 0 radical (unpaired) electrons. The van der Waals surface area contributed by atoms with Gasteiger partial charge in [0, 0.05) is 12.5 Å². The first-order valence-electron chi connectivity index (χ1n) is 6.07. The number of hydrogen-bond acceptors (Lipinski definition) is 3. The second-order valence-corrected chi connectivity index (χ2v) is 4.88. The molecule has 0 aliphatic heterocycles. The van der Waals surface area contributed by atoms with Crippen molar-refractivity contribution in [2.75, 3.05) is 0 Å². The normalized spacial score (nSPS) is 16.4. The molecule has 0 saturated carbocycles. The standard InChI is InChI=1S/C12H24N2O3/c1-5-8(4)11(12(16)17)14-10(15)6-9(13)7(2)3/h7-9,11H,5-6,13H2,1-4H3,(H,14,15)(H,16,17)/t8?,9?,11-/m0/s1. The van der Waals surface area contributed by atoms with Gasteiger partial charge in [-0.15, -0.1) is 0 Å². The number of carbonyl (C=O) groups is 2. The Labute approximate surface area is 103 Å². The predicted molar refractivity (Wildman–Crippen MR) is 66.5 cm³/mol. The third-order valence-electron chi connectivity index (χ3n) is 3.07. The second-order valence-electron chi connectivity index (χ2n) is 4.88. The highest BCUT2D eigenvalue weighted by atomic mass is 16.4. The summed E-state index contributed by atoms with van der Waals surface area (Å²) in [7, 11) is 0. The molecule has 17 heavy (non-hydrogen) atoms. The van der Waals surface area contributed by atoms with Crippen molar-refractivity contribution in [2.45, 2.75) is 52.6 Å². The fraction of sp³-hybridized carbons (Fsp3) is 0.833. The highest BCUT2D eigenvalue weighted by Gasteiger charge is 2.26. The van der Waals surface area contributed by atoms with Gasteiger partial charge in [0.25, 0.3) is 0 Å². The lowest BCUT2D eigenvalue weighted by atomic mass is 9.98. The Kier molecular flexibility index (Phi) is 6.80. The number of rotatable bonds is 7. The second kappa shape index (κ2) is 7.27. The summed E-state index contributed by atoms with van der Waals surface area (Å²) in [5.74, 6) is -1.18. The maximum absolute atomic E-state index is 11.6. The van der Waals surface area contributed by atoms with Gasteiger partial charge in [0.05, 0.1) is 0 Å². The van der Waals surface area contributed by atoms with E-state index in [2.05, 4.69) is 5.32 Å². The smallest absolute Gasteiger partial charge is 0.326 e. The zero-order valence-electron chi connectivity index (χ0n) is 11.1. The van der Waals surface area contributed by atoms with Gasteiger partial charge in [0.2, 0.25) is 5.91 Å². The molecular formula is C12H24N2O3. The Hall–Kier alpha value is -1.10. The van der Waals surface area contributed by atoms with E-state index < -0.39 is 12.0 Å². The van der Waals surface area contributed by atoms with Gasteiger partial charge in [-0.1, -0.05) is 34.1 Å². The third kappa shape index (κ3) is 5.68. The van der Waals surface area contributed by atoms with Gasteiger partial charge in [-0.25, -0.2) is 4.79 Å². The lowest BCUT2D eigenvalue weighted by Crippen LogP contribution is -2.46. The van der Waals surface area contributed by atoms with Crippen LogP contribution in [0.5, 0.6) is 0 Å². The molecule has 1 amide bonds. The number of carboxylic acid groups (broad SMARTS) is 1. The molecular weight excluding hydrogens is 220 g/mol. The molecule has 4 N–H and O–H groups in total. The van der Waals surface area contributed by atoms with Crippen molar-refractivity contribution in [3.8, 4) is 0 Å². The first-order chi connectivity index (χ1) is 7.79. The minimum absolute atomic E-state index is 0.0910. The van der Waals surface area contributed by atoms with Gasteiger partial charge < -0.3 is 16.2 Å². The Bertz CT molecular complexity index is 266. The van der Waals surface area contributed by atoms with Crippen LogP contribution in [0.2, 0.25) is 0 Å². The number of nitrogens with one attached hydrogen (secondary N) is 1. The summed E-state index contributed by atoms with van der Waals surface area (Å²) in [6.07, 6.45) is 0.866. The van der Waals surface area contributed by atoms with Gasteiger partial charge in [0.1, 0.15) is 6.04 Å². The van der Waals surface area contributed by atoms with Crippen LogP contribution >= 0.6 is 0 Å². The zero-order valence-corrected chi connectivity index (χ0v) is 11.1. The van der Waals surface area contributed by atoms with Crippen LogP contribution in [0.1, 0.15) is 40.5 Å². The lowest BCUT2D eigenvalue weighted by molar-refractivity contribution is -0.143. The van der Waals surface area contributed by atoms with Crippen LogP contribution in [0.4, 0.5) is 0 Å². The molecule has 5 heteroatoms. The van der Waals surface area contributed by atoms with Crippen molar-refractivity contribution < 1.29 is 14.7 Å². The van der Waals surface area contributed by atoms with Crippen molar-refractivity contribution >= 4 is 11.9 Å². The Morgan fingerprint density at radius 1 is 1.29 bits per heavy atom. The van der Waals surface area contributed by atoms with Crippen LogP contribution in [-0.2, 0) is 9.59 Å². The van der Waals surface area contributed by atoms with Gasteiger partial charge in [-0.3, -0.25) is 4.79 Å². The summed E-state index contributed by atoms with van der Waals surface area (Å²) in [4.78, 5) is 22.6. The van der Waals surface area contributed by atoms with Crippen LogP contribution in [0, 0.1) is 11.8 Å². The van der Waals surface area contributed by atoms with E-state index in [4.69, 9.17) is 10.8 Å². The number of aliphatic carboxylic acids is 1. The van der Waals surface area contributed by atoms with Crippen molar-refractivity contribution in [3.63, 3.8) is 0 Å². The molecule has 100 valence electrons. The number of carbonyl (C=O) groups excluding carboxylic acids is 1. The van der Waals surface area contributed by atoms with E-state index in [1.807, 2.05) is 20.8 Å². The average Bonchev–Trinajstić information content (AvgIpc) is 2.24. The number of carboxylic acids is 1. The Morgan fingerprint density at radius 2 is 1.82 bits per heavy atom. The van der Waals surface area contributed by atoms with Gasteiger partial charge in [-0.2, -0.15) is 0 Å². The first-order valence-corrected chi connectivity index (χ1v) is 6.07. The quantitative estimate of drug-likeness (QED) is 0.622. The van der Waals surface area contributed by atoms with Crippen molar-refractivity contribution in [2.24, 2.45) is 17.6 Å². The lowest BCUT2D eigenvalue weighted by Gasteiger charge is -2.22. The molecule has 0 saturated heterocycles. The maximum Gasteiger partial charge on any atom is 0.326 e. The maximum atomic E-state index is 11.6. The molecule has 0 spiro atoms. The molecule has 0 heterocycles. The molecule has 3 atom stereocenters. The largest absolute Gasteiger partial charge is 0.480 e. The fourth-order valence-corrected chi connectivity index (χ4v) is 1.37. The average molecular weight is 244 g/mol. The van der Waals surface area contributed by atoms with Gasteiger partial charge in [0.15, 0.2) is 0 Å². The number of hydrogen-bond donors (Lipinski definition) is 3. The zero-order chi connectivity index (χ0) is 13.6. The van der Waals surface area contributed by atoms with Crippen molar-refractivity contribution in [1.29, 1.82) is 0 Å². The minimum Gasteiger partial charge on any atom is -0.480 e. The molecule has 0 aromatic rings. The summed E-state index contributed by atoms with van der Waals surface area (Å²) in [5, 5.41) is 11.6. The van der Waals surface area contributed by atoms with Crippen molar-refractivity contribution in [1.82, 2.24) is 5.32 Å². The predicted octanol–water partition coefficient (Wildman–Crippen LogP) is 0.975. The van der Waals surface area contributed by atoms with Crippen LogP contribution in [0.3, 0.4) is 0 Å². The number of nitrogens with two attached hydrogens (primary N) is 1. The summed E-state index contributed by atoms with van der Waals surface area (Å²) in [6, 6.07) is -1.06. The van der Waals surface area contributed by atoms with Gasteiger partial charge in [-0.05, 0) is 11.8 Å². The topological polar surface area (TPSA) is 92.4 Å². The van der Waals surface area contributed by atoms with Crippen LogP contribution in [-0.4, -0.2) is 29.1 Å². The van der Waals surface area contributed by atoms with E-state index >= 15 is 0 Å². The monoisotopic (exact) mass is 244 g/mol. The molecule has 0 rings (SSSR count). The highest BCUT2D eigenvalue weighted by Crippen LogP contribution is 2.09. The Morgan fingerprint density at radius 3 is 2.18 bits per heavy atom. The summed E-state index contributed by atoms with van der Waals surface area (Å²) in [6.45, 7) is 7.57. The molecule has 2 unspecified atom stereocenters. The molecule has 0 aliphatic rings. The van der Waals surface area contributed by atoms with E-state index in [9.17, 15) is 9.59 Å². The van der Waals surface area contributed by atoms with E-state index in [-0.39, 0.29) is 30.2 Å². The summed E-state index contributed by atoms with van der Waals surface area (Å²) in [5.41, 5.74) is 5.77. The highest BCUT2D eigenvalue weighted by molar-refractivity contribution is 5.84. The van der Waals surface area contributed by atoms with Crippen molar-refractivity contribution in [3.05, 3.63) is 0 Å². The molecule has 0 bridgehead atoms. The molecule has 0 aromatic carbocycles. The van der Waals surface area contributed by atoms with E-state index in [1.54, 1.807) is 6.92 Å². The van der Waals surface area contributed by atoms with Gasteiger partial charge >= 0.3 is 5.97 Å². The van der Waals surface area contributed by atoms with Crippen LogP contribution < -0.4 is 11.1 Å². The summed E-state index contributed by atoms with van der Waals surface area (Å²) < 4.78 is 0. The number of amides is 1. The SMILES string of the molecule is CCC(C)[C@H](NC(=O)CC(N)C(C)C)C(=O)O. The molecule has 0 aromatic heterocycles. The Balaban J connectivity index is 4.37. The minimum atomic E-state index is -0.995. The van der Waals surface area contributed by atoms with Crippen LogP contribution in [0.25, 0.3) is 0 Å². The van der Waals surface area contributed by atoms with E-state index in [0.29, 0.717) is 6.42 Å². The molecule has 0 aliphatic carbocycles. The first kappa shape index (κ1) is 15.9.